The second-order valence-corrected chi connectivity index (χ2v) is 7.79. The molecule has 2 aromatic carbocycles. The number of carbonyl (C=O) groups is 2. The Morgan fingerprint density at radius 2 is 1.55 bits per heavy atom. The fraction of sp³-hybridized carbons (Fsp3) is 0.222. The maximum Gasteiger partial charge on any atom is 0.405 e. The molecular formula is C18H18F3N3O4S. The van der Waals surface area contributed by atoms with E-state index < -0.39 is 28.7 Å². The Bertz CT molecular complexity index is 973. The van der Waals surface area contributed by atoms with E-state index in [9.17, 15) is 31.2 Å². The van der Waals surface area contributed by atoms with Crippen molar-refractivity contribution in [2.24, 2.45) is 0 Å². The van der Waals surface area contributed by atoms with Gasteiger partial charge in [-0.05, 0) is 42.0 Å². The zero-order valence-electron chi connectivity index (χ0n) is 15.2. The van der Waals surface area contributed by atoms with Gasteiger partial charge in [-0.25, -0.2) is 13.1 Å². The van der Waals surface area contributed by atoms with E-state index in [1.54, 1.807) is 5.32 Å². The zero-order valence-corrected chi connectivity index (χ0v) is 16.0. The molecule has 2 aromatic rings. The molecule has 0 aliphatic carbocycles. The van der Waals surface area contributed by atoms with Crippen molar-refractivity contribution in [2.45, 2.75) is 24.5 Å². The lowest BCUT2D eigenvalue weighted by Crippen LogP contribution is -2.33. The highest BCUT2D eigenvalue weighted by molar-refractivity contribution is 7.89. The zero-order chi connectivity index (χ0) is 21.7. The Hall–Kier alpha value is -2.92. The van der Waals surface area contributed by atoms with Crippen molar-refractivity contribution in [3.63, 3.8) is 0 Å². The number of alkyl halides is 3. The molecule has 3 N–H and O–H groups in total. The number of halogens is 3. The third-order valence-electron chi connectivity index (χ3n) is 3.62. The highest BCUT2D eigenvalue weighted by atomic mass is 32.2. The van der Waals surface area contributed by atoms with E-state index in [-0.39, 0.29) is 22.9 Å². The second-order valence-electron chi connectivity index (χ2n) is 6.02. The first-order valence-electron chi connectivity index (χ1n) is 8.27. The molecule has 0 bridgehead atoms. The molecule has 0 saturated heterocycles. The van der Waals surface area contributed by atoms with E-state index in [2.05, 4.69) is 10.0 Å². The Labute approximate surface area is 165 Å². The third-order valence-corrected chi connectivity index (χ3v) is 5.03. The van der Waals surface area contributed by atoms with Gasteiger partial charge in [0.25, 0.3) is 5.91 Å². The van der Waals surface area contributed by atoms with Gasteiger partial charge >= 0.3 is 6.18 Å². The summed E-state index contributed by atoms with van der Waals surface area (Å²) in [5.74, 6) is -1.16. The summed E-state index contributed by atoms with van der Waals surface area (Å²) in [6.07, 6.45) is -4.51. The van der Waals surface area contributed by atoms with Crippen LogP contribution in [0.15, 0.2) is 53.4 Å². The molecule has 0 saturated carbocycles. The molecule has 11 heteroatoms. The van der Waals surface area contributed by atoms with Gasteiger partial charge in [-0.2, -0.15) is 13.2 Å². The van der Waals surface area contributed by atoms with Crippen molar-refractivity contribution in [1.29, 1.82) is 0 Å². The summed E-state index contributed by atoms with van der Waals surface area (Å²) in [5, 5.41) is 4.27. The van der Waals surface area contributed by atoms with Crippen LogP contribution in [0.5, 0.6) is 0 Å². The minimum Gasteiger partial charge on any atom is -0.343 e. The highest BCUT2D eigenvalue weighted by Crippen LogP contribution is 2.15. The quantitative estimate of drug-likeness (QED) is 0.629. The van der Waals surface area contributed by atoms with Crippen LogP contribution in [0.2, 0.25) is 0 Å². The maximum absolute atomic E-state index is 12.3. The number of anilines is 1. The summed E-state index contributed by atoms with van der Waals surface area (Å²) in [6.45, 7) is -0.189. The Kier molecular flexibility index (Phi) is 6.98. The van der Waals surface area contributed by atoms with Crippen LogP contribution in [0.3, 0.4) is 0 Å². The number of benzene rings is 2. The van der Waals surface area contributed by atoms with Gasteiger partial charge in [0, 0.05) is 24.7 Å². The number of nitrogens with one attached hydrogen (secondary N) is 3. The lowest BCUT2D eigenvalue weighted by Gasteiger charge is -2.10. The molecule has 29 heavy (non-hydrogen) atoms. The van der Waals surface area contributed by atoms with E-state index >= 15 is 0 Å². The molecule has 0 fully saturated rings. The molecule has 0 aliphatic rings. The molecule has 2 rings (SSSR count). The van der Waals surface area contributed by atoms with Crippen LogP contribution < -0.4 is 15.4 Å². The van der Waals surface area contributed by atoms with Crippen LogP contribution in [0.4, 0.5) is 18.9 Å². The Morgan fingerprint density at radius 3 is 2.07 bits per heavy atom. The number of hydrogen-bond donors (Lipinski definition) is 3. The minimum atomic E-state index is -4.51. The summed E-state index contributed by atoms with van der Waals surface area (Å²) in [4.78, 5) is 22.6. The predicted octanol–water partition coefficient (Wildman–Crippen LogP) is 2.42. The van der Waals surface area contributed by atoms with Crippen molar-refractivity contribution < 1.29 is 31.2 Å². The van der Waals surface area contributed by atoms with Crippen molar-refractivity contribution in [3.8, 4) is 0 Å². The number of amides is 2. The Balaban J connectivity index is 1.96. The summed E-state index contributed by atoms with van der Waals surface area (Å²) in [7, 11) is -3.82. The number of rotatable bonds is 7. The molecule has 0 heterocycles. The fourth-order valence-corrected chi connectivity index (χ4v) is 3.26. The van der Waals surface area contributed by atoms with Gasteiger partial charge < -0.3 is 10.6 Å². The maximum atomic E-state index is 12.3. The van der Waals surface area contributed by atoms with Gasteiger partial charge in [0.05, 0.1) is 4.90 Å². The lowest BCUT2D eigenvalue weighted by molar-refractivity contribution is -0.123. The van der Waals surface area contributed by atoms with E-state index in [1.807, 2.05) is 0 Å². The SMILES string of the molecule is CC(=O)Nc1ccc(S(=O)(=O)NCc2ccc(C(=O)NCC(F)(F)F)cc2)cc1. The molecule has 0 spiro atoms. The van der Waals surface area contributed by atoms with Gasteiger partial charge in [0.15, 0.2) is 0 Å². The van der Waals surface area contributed by atoms with Crippen LogP contribution in [-0.4, -0.2) is 33.0 Å². The van der Waals surface area contributed by atoms with E-state index in [0.717, 1.165) is 0 Å². The highest BCUT2D eigenvalue weighted by Gasteiger charge is 2.27. The summed E-state index contributed by atoms with van der Waals surface area (Å²) < 4.78 is 63.4. The molecule has 0 aromatic heterocycles. The first-order valence-corrected chi connectivity index (χ1v) is 9.76. The number of hydrogen-bond acceptors (Lipinski definition) is 4. The van der Waals surface area contributed by atoms with Crippen molar-refractivity contribution in [3.05, 3.63) is 59.7 Å². The summed E-state index contributed by atoms with van der Waals surface area (Å²) in [5.41, 5.74) is 0.987. The second kappa shape index (κ2) is 9.05. The predicted molar refractivity (Wildman–Crippen MR) is 99.6 cm³/mol. The van der Waals surface area contributed by atoms with Gasteiger partial charge in [0.1, 0.15) is 6.54 Å². The van der Waals surface area contributed by atoms with Crippen molar-refractivity contribution in [2.75, 3.05) is 11.9 Å². The van der Waals surface area contributed by atoms with Crippen LogP contribution in [0.25, 0.3) is 0 Å². The lowest BCUT2D eigenvalue weighted by atomic mass is 10.1. The average molecular weight is 429 g/mol. The van der Waals surface area contributed by atoms with E-state index in [4.69, 9.17) is 0 Å². The average Bonchev–Trinajstić information content (AvgIpc) is 2.64. The summed E-state index contributed by atoms with van der Waals surface area (Å²) >= 11 is 0. The van der Waals surface area contributed by atoms with Gasteiger partial charge in [-0.1, -0.05) is 12.1 Å². The van der Waals surface area contributed by atoms with Gasteiger partial charge in [-0.15, -0.1) is 0 Å². The number of sulfonamides is 1. The Morgan fingerprint density at radius 1 is 0.966 bits per heavy atom. The van der Waals surface area contributed by atoms with Gasteiger partial charge in [0.2, 0.25) is 15.9 Å². The fourth-order valence-electron chi connectivity index (χ4n) is 2.24. The monoisotopic (exact) mass is 429 g/mol. The van der Waals surface area contributed by atoms with Crippen LogP contribution in [0, 0.1) is 0 Å². The van der Waals surface area contributed by atoms with Crippen LogP contribution in [0.1, 0.15) is 22.8 Å². The molecule has 7 nitrogen and oxygen atoms in total. The smallest absolute Gasteiger partial charge is 0.343 e. The first-order chi connectivity index (χ1) is 13.5. The van der Waals surface area contributed by atoms with Crippen molar-refractivity contribution >= 4 is 27.5 Å². The number of carbonyl (C=O) groups excluding carboxylic acids is 2. The molecule has 0 aliphatic heterocycles. The van der Waals surface area contributed by atoms with E-state index in [0.29, 0.717) is 11.3 Å². The van der Waals surface area contributed by atoms with Crippen LogP contribution >= 0.6 is 0 Å². The first kappa shape index (κ1) is 22.4. The molecule has 156 valence electrons. The largest absolute Gasteiger partial charge is 0.405 e. The topological polar surface area (TPSA) is 104 Å². The molecule has 2 amide bonds. The molecule has 0 radical (unpaired) electrons. The molecule has 0 atom stereocenters. The van der Waals surface area contributed by atoms with E-state index in [1.165, 1.54) is 55.5 Å². The van der Waals surface area contributed by atoms with Gasteiger partial charge in [-0.3, -0.25) is 9.59 Å². The molecule has 0 unspecified atom stereocenters. The van der Waals surface area contributed by atoms with Crippen LogP contribution in [-0.2, 0) is 21.4 Å². The normalized spacial score (nSPS) is 11.7. The van der Waals surface area contributed by atoms with Crippen molar-refractivity contribution in [1.82, 2.24) is 10.0 Å². The third kappa shape index (κ3) is 7.20. The molecular weight excluding hydrogens is 411 g/mol. The minimum absolute atomic E-state index is 0.00486. The standard InChI is InChI=1S/C18H18F3N3O4S/c1-12(25)24-15-6-8-16(9-7-15)29(27,28)23-10-13-2-4-14(5-3-13)17(26)22-11-18(19,20)21/h2-9,23H,10-11H2,1H3,(H,22,26)(H,24,25). The summed E-state index contributed by atoms with van der Waals surface area (Å²) in [6, 6.07) is 11.0.